The zero-order chi connectivity index (χ0) is 12.6. The van der Waals surface area contributed by atoms with Crippen LogP contribution in [0.25, 0.3) is 0 Å². The number of likely N-dealkylation sites (tertiary alicyclic amines) is 1. The van der Waals surface area contributed by atoms with Crippen molar-refractivity contribution in [3.05, 3.63) is 35.9 Å². The van der Waals surface area contributed by atoms with E-state index >= 15 is 0 Å². The van der Waals surface area contributed by atoms with Crippen molar-refractivity contribution < 1.29 is 9.84 Å². The van der Waals surface area contributed by atoms with Crippen molar-refractivity contribution in [2.75, 3.05) is 32.8 Å². The van der Waals surface area contributed by atoms with Gasteiger partial charge in [-0.2, -0.15) is 0 Å². The first-order chi connectivity index (χ1) is 8.88. The number of aliphatic hydroxyl groups is 1. The topological polar surface area (TPSA) is 32.7 Å². The summed E-state index contributed by atoms with van der Waals surface area (Å²) in [6.07, 6.45) is 3.66. The van der Waals surface area contributed by atoms with E-state index < -0.39 is 0 Å². The summed E-state index contributed by atoms with van der Waals surface area (Å²) in [6.45, 7) is 3.98. The van der Waals surface area contributed by atoms with Crippen LogP contribution in [0.2, 0.25) is 0 Å². The lowest BCUT2D eigenvalue weighted by Gasteiger charge is -2.31. The molecule has 1 heterocycles. The van der Waals surface area contributed by atoms with E-state index in [4.69, 9.17) is 9.84 Å². The lowest BCUT2D eigenvalue weighted by atomic mass is 10.1. The van der Waals surface area contributed by atoms with Gasteiger partial charge in [0.1, 0.15) is 0 Å². The van der Waals surface area contributed by atoms with Crippen LogP contribution >= 0.6 is 0 Å². The first-order valence-corrected chi connectivity index (χ1v) is 6.87. The van der Waals surface area contributed by atoms with Crippen molar-refractivity contribution in [3.8, 4) is 0 Å². The Hall–Kier alpha value is -0.900. The summed E-state index contributed by atoms with van der Waals surface area (Å²) in [6, 6.07) is 10.6. The van der Waals surface area contributed by atoms with Crippen LogP contribution in [-0.4, -0.2) is 49.0 Å². The van der Waals surface area contributed by atoms with Gasteiger partial charge in [-0.3, -0.25) is 0 Å². The van der Waals surface area contributed by atoms with Crippen molar-refractivity contribution in [2.24, 2.45) is 0 Å². The number of rotatable bonds is 6. The van der Waals surface area contributed by atoms with Gasteiger partial charge in [0.25, 0.3) is 0 Å². The molecule has 3 nitrogen and oxygen atoms in total. The zero-order valence-corrected chi connectivity index (χ0v) is 10.9. The first kappa shape index (κ1) is 13.5. The van der Waals surface area contributed by atoms with Gasteiger partial charge in [-0.1, -0.05) is 30.3 Å². The highest BCUT2D eigenvalue weighted by molar-refractivity contribution is 5.14. The van der Waals surface area contributed by atoms with Gasteiger partial charge in [-0.05, 0) is 24.8 Å². The van der Waals surface area contributed by atoms with E-state index in [2.05, 4.69) is 35.2 Å². The van der Waals surface area contributed by atoms with E-state index in [1.54, 1.807) is 0 Å². The third-order valence-corrected chi connectivity index (χ3v) is 3.54. The fraction of sp³-hybridized carbons (Fsp3) is 0.600. The molecule has 100 valence electrons. The molecule has 3 heteroatoms. The second-order valence-electron chi connectivity index (χ2n) is 4.87. The second kappa shape index (κ2) is 7.52. The van der Waals surface area contributed by atoms with Gasteiger partial charge in [0, 0.05) is 19.6 Å². The quantitative estimate of drug-likeness (QED) is 0.833. The van der Waals surface area contributed by atoms with Crippen molar-refractivity contribution >= 4 is 0 Å². The molecule has 1 saturated heterocycles. The highest BCUT2D eigenvalue weighted by atomic mass is 16.5. The molecule has 2 rings (SSSR count). The minimum Gasteiger partial charge on any atom is -0.394 e. The molecular weight excluding hydrogens is 226 g/mol. The highest BCUT2D eigenvalue weighted by Gasteiger charge is 2.18. The third-order valence-electron chi connectivity index (χ3n) is 3.54. The van der Waals surface area contributed by atoms with Crippen molar-refractivity contribution in [2.45, 2.75) is 25.4 Å². The molecule has 18 heavy (non-hydrogen) atoms. The van der Waals surface area contributed by atoms with Crippen molar-refractivity contribution in [3.63, 3.8) is 0 Å². The van der Waals surface area contributed by atoms with Gasteiger partial charge in [-0.15, -0.1) is 0 Å². The van der Waals surface area contributed by atoms with Gasteiger partial charge in [0.15, 0.2) is 0 Å². The van der Waals surface area contributed by atoms with Gasteiger partial charge in [0.05, 0.1) is 19.3 Å². The van der Waals surface area contributed by atoms with Gasteiger partial charge in [-0.25, -0.2) is 0 Å². The molecule has 0 atom stereocenters. The maximum Gasteiger partial charge on any atom is 0.0701 e. The molecular formula is C15H23NO2. The number of benzene rings is 1. The van der Waals surface area contributed by atoms with E-state index in [0.717, 1.165) is 38.9 Å². The Kier molecular flexibility index (Phi) is 5.65. The molecule has 0 aliphatic carbocycles. The molecule has 1 aliphatic heterocycles. The average Bonchev–Trinajstić information content (AvgIpc) is 2.45. The number of hydrogen-bond acceptors (Lipinski definition) is 3. The zero-order valence-electron chi connectivity index (χ0n) is 10.9. The minimum atomic E-state index is 0.133. The summed E-state index contributed by atoms with van der Waals surface area (Å²) >= 11 is 0. The maximum absolute atomic E-state index is 8.72. The molecule has 0 spiro atoms. The molecule has 1 aliphatic rings. The monoisotopic (exact) mass is 249 g/mol. The van der Waals surface area contributed by atoms with Gasteiger partial charge < -0.3 is 14.7 Å². The molecule has 0 aromatic heterocycles. The van der Waals surface area contributed by atoms with E-state index in [1.165, 1.54) is 5.56 Å². The highest BCUT2D eigenvalue weighted by Crippen LogP contribution is 2.14. The summed E-state index contributed by atoms with van der Waals surface area (Å²) in [5, 5.41) is 8.72. The van der Waals surface area contributed by atoms with Crippen LogP contribution < -0.4 is 0 Å². The predicted molar refractivity (Wildman–Crippen MR) is 72.6 cm³/mol. The van der Waals surface area contributed by atoms with E-state index in [0.29, 0.717) is 12.7 Å². The van der Waals surface area contributed by atoms with Crippen molar-refractivity contribution in [1.82, 2.24) is 4.90 Å². The van der Waals surface area contributed by atoms with Crippen molar-refractivity contribution in [1.29, 1.82) is 0 Å². The number of aliphatic hydroxyl groups excluding tert-OH is 1. The Balaban J connectivity index is 1.65. The van der Waals surface area contributed by atoms with Crippen LogP contribution in [-0.2, 0) is 11.2 Å². The third kappa shape index (κ3) is 4.41. The Bertz CT molecular complexity index is 321. The van der Waals surface area contributed by atoms with Gasteiger partial charge in [0.2, 0.25) is 0 Å². The van der Waals surface area contributed by atoms with Crippen LogP contribution in [0, 0.1) is 0 Å². The molecule has 1 N–H and O–H groups in total. The largest absolute Gasteiger partial charge is 0.394 e. The molecule has 0 bridgehead atoms. The summed E-state index contributed by atoms with van der Waals surface area (Å²) in [5.74, 6) is 0. The number of nitrogens with zero attached hydrogens (tertiary/aromatic N) is 1. The lowest BCUT2D eigenvalue weighted by molar-refractivity contribution is -0.00748. The Labute approximate surface area is 109 Å². The number of hydrogen-bond donors (Lipinski definition) is 1. The van der Waals surface area contributed by atoms with Crippen LogP contribution in [0.3, 0.4) is 0 Å². The van der Waals surface area contributed by atoms with Crippen LogP contribution in [0.5, 0.6) is 0 Å². The van der Waals surface area contributed by atoms with E-state index in [-0.39, 0.29) is 6.61 Å². The molecule has 0 radical (unpaired) electrons. The van der Waals surface area contributed by atoms with Crippen LogP contribution in [0.1, 0.15) is 18.4 Å². The molecule has 0 saturated carbocycles. The Morgan fingerprint density at radius 2 is 1.89 bits per heavy atom. The molecule has 1 fully saturated rings. The second-order valence-corrected chi connectivity index (χ2v) is 4.87. The summed E-state index contributed by atoms with van der Waals surface area (Å²) in [5.41, 5.74) is 1.41. The van der Waals surface area contributed by atoms with E-state index in [9.17, 15) is 0 Å². The summed E-state index contributed by atoms with van der Waals surface area (Å²) < 4.78 is 5.57. The smallest absolute Gasteiger partial charge is 0.0701 e. The van der Waals surface area contributed by atoms with Crippen LogP contribution in [0.4, 0.5) is 0 Å². The summed E-state index contributed by atoms with van der Waals surface area (Å²) in [4.78, 5) is 2.51. The van der Waals surface area contributed by atoms with Crippen LogP contribution in [0.15, 0.2) is 30.3 Å². The first-order valence-electron chi connectivity index (χ1n) is 6.87. The lowest BCUT2D eigenvalue weighted by Crippen LogP contribution is -2.38. The SMILES string of the molecule is OCCOC1CCN(CCc2ccccc2)CC1. The van der Waals surface area contributed by atoms with E-state index in [1.807, 2.05) is 0 Å². The minimum absolute atomic E-state index is 0.133. The fourth-order valence-electron chi connectivity index (χ4n) is 2.45. The Morgan fingerprint density at radius 1 is 1.17 bits per heavy atom. The molecule has 0 amide bonds. The maximum atomic E-state index is 8.72. The fourth-order valence-corrected chi connectivity index (χ4v) is 2.45. The predicted octanol–water partition coefficient (Wildman–Crippen LogP) is 1.70. The summed E-state index contributed by atoms with van der Waals surface area (Å²) in [7, 11) is 0. The average molecular weight is 249 g/mol. The molecule has 0 unspecified atom stereocenters. The number of piperidine rings is 1. The normalized spacial score (nSPS) is 18.1. The number of ether oxygens (including phenoxy) is 1. The molecule has 1 aromatic rings. The Morgan fingerprint density at radius 3 is 2.56 bits per heavy atom. The standard InChI is InChI=1S/C15H23NO2/c17-12-13-18-15-7-10-16(11-8-15)9-6-14-4-2-1-3-5-14/h1-5,15,17H,6-13H2. The van der Waals surface area contributed by atoms with Gasteiger partial charge >= 0.3 is 0 Å². The molecule has 1 aromatic carbocycles.